The number of benzene rings is 1. The Kier molecular flexibility index (Phi) is 4.58. The van der Waals surface area contributed by atoms with Crippen molar-refractivity contribution in [2.24, 2.45) is 0 Å². The van der Waals surface area contributed by atoms with Crippen molar-refractivity contribution >= 4 is 27.6 Å². The summed E-state index contributed by atoms with van der Waals surface area (Å²) in [6.45, 7) is 2.10. The molecule has 0 aliphatic heterocycles. The molecule has 0 aliphatic rings. The molecule has 0 bridgehead atoms. The quantitative estimate of drug-likeness (QED) is 0.787. The minimum absolute atomic E-state index is 0.0628. The van der Waals surface area contributed by atoms with Crippen LogP contribution in [-0.2, 0) is 0 Å². The van der Waals surface area contributed by atoms with E-state index < -0.39 is 0 Å². The molecular weight excluding hydrogens is 260 g/mol. The predicted molar refractivity (Wildman–Crippen MR) is 63.0 cm³/mol. The zero-order chi connectivity index (χ0) is 11.3. The number of anilines is 1. The van der Waals surface area contributed by atoms with Gasteiger partial charge in [-0.3, -0.25) is 0 Å². The van der Waals surface area contributed by atoms with Crippen LogP contribution in [0.1, 0.15) is 5.56 Å². The smallest absolute Gasteiger partial charge is 0.319 e. The van der Waals surface area contributed by atoms with E-state index in [0.29, 0.717) is 0 Å². The van der Waals surface area contributed by atoms with Crippen molar-refractivity contribution in [3.63, 3.8) is 0 Å². The first-order valence-corrected chi connectivity index (χ1v) is 5.34. The van der Waals surface area contributed by atoms with Crippen LogP contribution in [0.5, 0.6) is 0 Å². The fourth-order valence-corrected chi connectivity index (χ4v) is 1.58. The third kappa shape index (κ3) is 3.89. The molecule has 5 heteroatoms. The zero-order valence-electron chi connectivity index (χ0n) is 8.38. The van der Waals surface area contributed by atoms with Gasteiger partial charge in [0.2, 0.25) is 0 Å². The fraction of sp³-hybridized carbons (Fsp3) is 0.300. The van der Waals surface area contributed by atoms with Gasteiger partial charge in [-0.25, -0.2) is 4.79 Å². The Morgan fingerprint density at radius 3 is 2.87 bits per heavy atom. The fourth-order valence-electron chi connectivity index (χ4n) is 1.10. The molecule has 1 rings (SSSR count). The number of hydrogen-bond acceptors (Lipinski definition) is 2. The van der Waals surface area contributed by atoms with Crippen molar-refractivity contribution in [1.29, 1.82) is 0 Å². The van der Waals surface area contributed by atoms with E-state index in [1.54, 1.807) is 0 Å². The van der Waals surface area contributed by atoms with Gasteiger partial charge in [-0.2, -0.15) is 0 Å². The first kappa shape index (κ1) is 12.0. The molecular formula is C10H13BrN2O2. The molecule has 0 saturated carbocycles. The molecule has 3 N–H and O–H groups in total. The van der Waals surface area contributed by atoms with Crippen LogP contribution < -0.4 is 10.6 Å². The lowest BCUT2D eigenvalue weighted by Gasteiger charge is -2.09. The molecule has 0 spiro atoms. The maximum atomic E-state index is 11.3. The van der Waals surface area contributed by atoms with E-state index in [1.807, 2.05) is 25.1 Å². The Bertz CT molecular complexity index is 355. The van der Waals surface area contributed by atoms with Crippen molar-refractivity contribution in [1.82, 2.24) is 5.32 Å². The normalized spacial score (nSPS) is 9.80. The molecule has 4 nitrogen and oxygen atoms in total. The molecule has 0 saturated heterocycles. The summed E-state index contributed by atoms with van der Waals surface area (Å²) in [5.74, 6) is 0. The molecule has 0 heterocycles. The van der Waals surface area contributed by atoms with E-state index in [2.05, 4.69) is 26.6 Å². The minimum atomic E-state index is -0.311. The Hall–Kier alpha value is -1.07. The van der Waals surface area contributed by atoms with E-state index >= 15 is 0 Å². The monoisotopic (exact) mass is 272 g/mol. The Morgan fingerprint density at radius 2 is 2.27 bits per heavy atom. The van der Waals surface area contributed by atoms with E-state index in [0.717, 1.165) is 15.7 Å². The first-order valence-electron chi connectivity index (χ1n) is 4.55. The molecule has 2 amide bonds. The van der Waals surface area contributed by atoms with Gasteiger partial charge in [-0.05, 0) is 30.7 Å². The van der Waals surface area contributed by atoms with Gasteiger partial charge in [0, 0.05) is 16.7 Å². The summed E-state index contributed by atoms with van der Waals surface area (Å²) in [7, 11) is 0. The molecule has 0 fully saturated rings. The number of halogens is 1. The zero-order valence-corrected chi connectivity index (χ0v) is 9.97. The van der Waals surface area contributed by atoms with E-state index in [4.69, 9.17) is 5.11 Å². The van der Waals surface area contributed by atoms with Crippen LogP contribution in [0, 0.1) is 6.92 Å². The topological polar surface area (TPSA) is 61.4 Å². The van der Waals surface area contributed by atoms with Crippen molar-refractivity contribution in [3.05, 3.63) is 28.2 Å². The van der Waals surface area contributed by atoms with Crippen LogP contribution in [0.3, 0.4) is 0 Å². The average Bonchev–Trinajstić information content (AvgIpc) is 2.19. The van der Waals surface area contributed by atoms with Crippen LogP contribution in [0.2, 0.25) is 0 Å². The summed E-state index contributed by atoms with van der Waals surface area (Å²) in [6.07, 6.45) is 0. The number of hydrogen-bond donors (Lipinski definition) is 3. The summed E-state index contributed by atoms with van der Waals surface area (Å²) < 4.78 is 0.973. The minimum Gasteiger partial charge on any atom is -0.395 e. The number of nitrogens with one attached hydrogen (secondary N) is 2. The van der Waals surface area contributed by atoms with Crippen LogP contribution in [0.25, 0.3) is 0 Å². The molecule has 0 atom stereocenters. The lowest BCUT2D eigenvalue weighted by Crippen LogP contribution is -2.31. The lowest BCUT2D eigenvalue weighted by atomic mass is 10.2. The summed E-state index contributed by atoms with van der Waals surface area (Å²) in [5.41, 5.74) is 1.73. The van der Waals surface area contributed by atoms with E-state index in [9.17, 15) is 4.79 Å². The Labute approximate surface area is 96.8 Å². The van der Waals surface area contributed by atoms with Crippen molar-refractivity contribution < 1.29 is 9.90 Å². The molecule has 0 radical (unpaired) electrons. The van der Waals surface area contributed by atoms with Crippen molar-refractivity contribution in [3.8, 4) is 0 Å². The second kappa shape index (κ2) is 5.72. The highest BCUT2D eigenvalue weighted by atomic mass is 79.9. The average molecular weight is 273 g/mol. The third-order valence-electron chi connectivity index (χ3n) is 1.83. The van der Waals surface area contributed by atoms with Crippen molar-refractivity contribution in [2.75, 3.05) is 18.5 Å². The standard InChI is InChI=1S/C10H13BrN2O2/c1-7-6-8(11)2-3-9(7)13-10(15)12-4-5-14/h2-3,6,14H,4-5H2,1H3,(H2,12,13,15). The number of aliphatic hydroxyl groups excluding tert-OH is 1. The van der Waals surface area contributed by atoms with Gasteiger partial charge in [0.25, 0.3) is 0 Å². The predicted octanol–water partition coefficient (Wildman–Crippen LogP) is 1.87. The summed E-state index contributed by atoms with van der Waals surface area (Å²) in [4.78, 5) is 11.3. The molecule has 1 aromatic rings. The largest absolute Gasteiger partial charge is 0.395 e. The molecule has 1 aromatic carbocycles. The van der Waals surface area contributed by atoms with Crippen LogP contribution >= 0.6 is 15.9 Å². The molecule has 0 aliphatic carbocycles. The number of urea groups is 1. The van der Waals surface area contributed by atoms with Crippen LogP contribution in [0.15, 0.2) is 22.7 Å². The highest BCUT2D eigenvalue weighted by Gasteiger charge is 2.03. The highest BCUT2D eigenvalue weighted by Crippen LogP contribution is 2.19. The second-order valence-corrected chi connectivity index (χ2v) is 3.98. The first-order chi connectivity index (χ1) is 7.13. The molecule has 0 unspecified atom stereocenters. The second-order valence-electron chi connectivity index (χ2n) is 3.06. The van der Waals surface area contributed by atoms with Crippen LogP contribution in [0.4, 0.5) is 10.5 Å². The SMILES string of the molecule is Cc1cc(Br)ccc1NC(=O)NCCO. The van der Waals surface area contributed by atoms with Gasteiger partial charge in [-0.15, -0.1) is 0 Å². The Balaban J connectivity index is 2.60. The molecule has 0 aromatic heterocycles. The van der Waals surface area contributed by atoms with E-state index in [-0.39, 0.29) is 19.2 Å². The maximum Gasteiger partial charge on any atom is 0.319 e. The number of rotatable bonds is 3. The number of carbonyl (C=O) groups excluding carboxylic acids is 1. The van der Waals surface area contributed by atoms with Gasteiger partial charge in [0.05, 0.1) is 6.61 Å². The summed E-state index contributed by atoms with van der Waals surface area (Å²) >= 11 is 3.34. The number of amides is 2. The number of aliphatic hydroxyl groups is 1. The third-order valence-corrected chi connectivity index (χ3v) is 2.33. The lowest BCUT2D eigenvalue weighted by molar-refractivity contribution is 0.245. The van der Waals surface area contributed by atoms with Gasteiger partial charge in [0.1, 0.15) is 0 Å². The van der Waals surface area contributed by atoms with Gasteiger partial charge >= 0.3 is 6.03 Å². The van der Waals surface area contributed by atoms with Crippen molar-refractivity contribution in [2.45, 2.75) is 6.92 Å². The van der Waals surface area contributed by atoms with E-state index in [1.165, 1.54) is 0 Å². The van der Waals surface area contributed by atoms with Gasteiger partial charge in [0.15, 0.2) is 0 Å². The maximum absolute atomic E-state index is 11.3. The summed E-state index contributed by atoms with van der Waals surface area (Å²) in [5, 5.41) is 13.7. The number of aryl methyl sites for hydroxylation is 1. The van der Waals surface area contributed by atoms with Gasteiger partial charge < -0.3 is 15.7 Å². The van der Waals surface area contributed by atoms with Gasteiger partial charge in [-0.1, -0.05) is 15.9 Å². The Morgan fingerprint density at radius 1 is 1.53 bits per heavy atom. The summed E-state index contributed by atoms with van der Waals surface area (Å²) in [6, 6.07) is 5.28. The molecule has 82 valence electrons. The molecule has 15 heavy (non-hydrogen) atoms. The van der Waals surface area contributed by atoms with Crippen LogP contribution in [-0.4, -0.2) is 24.3 Å². The highest BCUT2D eigenvalue weighted by molar-refractivity contribution is 9.10. The number of carbonyl (C=O) groups is 1.